The summed E-state index contributed by atoms with van der Waals surface area (Å²) in [6.45, 7) is 3.70. The highest BCUT2D eigenvalue weighted by Crippen LogP contribution is 2.61. The van der Waals surface area contributed by atoms with Crippen LogP contribution in [0.4, 0.5) is 0 Å². The van der Waals surface area contributed by atoms with Gasteiger partial charge in [-0.05, 0) is 37.1 Å². The molecule has 1 N–H and O–H groups in total. The van der Waals surface area contributed by atoms with Crippen LogP contribution in [0.1, 0.15) is 36.3 Å². The molecule has 0 saturated carbocycles. The van der Waals surface area contributed by atoms with E-state index in [1.54, 1.807) is 54.8 Å². The molecule has 2 fully saturated rings. The van der Waals surface area contributed by atoms with Crippen molar-refractivity contribution in [2.45, 2.75) is 36.0 Å². The Kier molecular flexibility index (Phi) is 6.27. The van der Waals surface area contributed by atoms with Crippen LogP contribution in [0.3, 0.4) is 0 Å². The van der Waals surface area contributed by atoms with Crippen molar-refractivity contribution in [3.8, 4) is 0 Å². The lowest BCUT2D eigenvalue weighted by molar-refractivity contribution is -0.140. The summed E-state index contributed by atoms with van der Waals surface area (Å²) in [5.41, 5.74) is 2.51. The molecule has 0 aliphatic carbocycles. The predicted octanol–water partition coefficient (Wildman–Crippen LogP) is 4.75. The van der Waals surface area contributed by atoms with Crippen LogP contribution in [0.5, 0.6) is 0 Å². The minimum atomic E-state index is -1.14. The third-order valence-corrected chi connectivity index (χ3v) is 9.67. The number of carbonyl (C=O) groups is 2. The zero-order chi connectivity index (χ0) is 24.0. The summed E-state index contributed by atoms with van der Waals surface area (Å²) >= 11 is 8.99. The van der Waals surface area contributed by atoms with Gasteiger partial charge in [0.2, 0.25) is 5.91 Å². The minimum absolute atomic E-state index is 0.206. The first kappa shape index (κ1) is 23.5. The number of amides is 1. The summed E-state index contributed by atoms with van der Waals surface area (Å²) in [6.07, 6.45) is -0.870. The topological polar surface area (TPSA) is 79.2 Å². The molecule has 0 radical (unpaired) electrons. The summed E-state index contributed by atoms with van der Waals surface area (Å²) in [5.74, 6) is -0.332. The molecule has 3 aliphatic rings. The number of allylic oxidation sites excluding steroid dienone is 1. The molecule has 3 heterocycles. The number of fused-ring (bicyclic) bond motifs is 1. The molecule has 5 rings (SSSR count). The second kappa shape index (κ2) is 9.07. The maximum atomic E-state index is 14.3. The monoisotopic (exact) mass is 514 g/mol. The Morgan fingerprint density at radius 2 is 1.91 bits per heavy atom. The van der Waals surface area contributed by atoms with Crippen LogP contribution in [-0.2, 0) is 14.3 Å². The Morgan fingerprint density at radius 1 is 1.21 bits per heavy atom. The first-order chi connectivity index (χ1) is 16.4. The number of hydrogen-bond donors (Lipinski definition) is 1. The summed E-state index contributed by atoms with van der Waals surface area (Å²) in [4.78, 5) is 33.6. The molecule has 34 heavy (non-hydrogen) atoms. The van der Waals surface area contributed by atoms with E-state index in [2.05, 4.69) is 4.99 Å². The lowest BCUT2D eigenvalue weighted by Gasteiger charge is -2.34. The number of carbonyl (C=O) groups excluding carboxylic acids is 2. The third kappa shape index (κ3) is 3.59. The summed E-state index contributed by atoms with van der Waals surface area (Å²) < 4.78 is 4.21. The SMILES string of the molecule is CCOC(=O)C1=C(C)N=C2SC3(C(=O)N2C1c1ccc(Cl)cc1)C(O)CSC3c1ccccc1. The van der Waals surface area contributed by atoms with Gasteiger partial charge in [0, 0.05) is 10.8 Å². The van der Waals surface area contributed by atoms with Crippen molar-refractivity contribution >= 4 is 52.2 Å². The number of rotatable bonds is 4. The van der Waals surface area contributed by atoms with E-state index in [4.69, 9.17) is 16.3 Å². The van der Waals surface area contributed by atoms with Gasteiger partial charge in [-0.15, -0.1) is 11.8 Å². The van der Waals surface area contributed by atoms with Crippen molar-refractivity contribution in [3.05, 3.63) is 82.0 Å². The highest BCUT2D eigenvalue weighted by Gasteiger charge is 2.66. The van der Waals surface area contributed by atoms with Gasteiger partial charge in [-0.3, -0.25) is 9.69 Å². The molecule has 0 bridgehead atoms. The van der Waals surface area contributed by atoms with Crippen LogP contribution in [0.25, 0.3) is 0 Å². The normalized spacial score (nSPS) is 28.4. The molecule has 9 heteroatoms. The molecule has 2 aromatic carbocycles. The Balaban J connectivity index is 1.65. The first-order valence-electron chi connectivity index (χ1n) is 11.0. The minimum Gasteiger partial charge on any atom is -0.463 e. The fraction of sp³-hybridized carbons (Fsp3) is 0.320. The molecular formula is C25H23ClN2O4S2. The smallest absolute Gasteiger partial charge is 0.338 e. The summed E-state index contributed by atoms with van der Waals surface area (Å²) in [5, 5.41) is 12.0. The van der Waals surface area contributed by atoms with Gasteiger partial charge in [-0.25, -0.2) is 9.79 Å². The van der Waals surface area contributed by atoms with E-state index in [0.717, 1.165) is 11.1 Å². The average molecular weight is 515 g/mol. The molecule has 3 aliphatic heterocycles. The van der Waals surface area contributed by atoms with E-state index in [0.29, 0.717) is 27.2 Å². The molecule has 0 aromatic heterocycles. The molecule has 4 atom stereocenters. The second-order valence-corrected chi connectivity index (χ2v) is 11.1. The van der Waals surface area contributed by atoms with E-state index in [9.17, 15) is 14.7 Å². The number of halogens is 1. The van der Waals surface area contributed by atoms with Gasteiger partial charge in [-0.1, -0.05) is 65.8 Å². The fourth-order valence-electron chi connectivity index (χ4n) is 4.74. The van der Waals surface area contributed by atoms with E-state index in [1.165, 1.54) is 11.8 Å². The average Bonchev–Trinajstić information content (AvgIpc) is 3.31. The maximum absolute atomic E-state index is 14.3. The number of nitrogens with zero attached hydrogens (tertiary/aromatic N) is 2. The van der Waals surface area contributed by atoms with Gasteiger partial charge >= 0.3 is 5.97 Å². The van der Waals surface area contributed by atoms with Crippen LogP contribution in [0.2, 0.25) is 5.02 Å². The van der Waals surface area contributed by atoms with Crippen LogP contribution >= 0.6 is 35.1 Å². The van der Waals surface area contributed by atoms with Gasteiger partial charge in [-0.2, -0.15) is 0 Å². The molecule has 1 spiro atoms. The Labute approximate surface area is 211 Å². The van der Waals surface area contributed by atoms with Gasteiger partial charge in [0.05, 0.1) is 35.3 Å². The zero-order valence-corrected chi connectivity index (χ0v) is 21.0. The number of hydrogen-bond acceptors (Lipinski definition) is 7. The maximum Gasteiger partial charge on any atom is 0.338 e. The first-order valence-corrected chi connectivity index (χ1v) is 13.2. The van der Waals surface area contributed by atoms with E-state index < -0.39 is 22.9 Å². The van der Waals surface area contributed by atoms with Crippen LogP contribution in [-0.4, -0.2) is 50.3 Å². The van der Waals surface area contributed by atoms with Gasteiger partial charge in [0.1, 0.15) is 4.75 Å². The van der Waals surface area contributed by atoms with E-state index in [1.807, 2.05) is 30.3 Å². The Bertz CT molecular complexity index is 1200. The molecular weight excluding hydrogens is 492 g/mol. The van der Waals surface area contributed by atoms with Crippen molar-refractivity contribution in [1.29, 1.82) is 0 Å². The molecule has 2 aromatic rings. The second-order valence-electron chi connectivity index (χ2n) is 8.28. The van der Waals surface area contributed by atoms with E-state index >= 15 is 0 Å². The van der Waals surface area contributed by atoms with Crippen LogP contribution in [0, 0.1) is 0 Å². The van der Waals surface area contributed by atoms with Gasteiger partial charge in [0.15, 0.2) is 5.17 Å². The molecule has 2 saturated heterocycles. The number of aliphatic hydroxyl groups is 1. The highest BCUT2D eigenvalue weighted by molar-refractivity contribution is 8.17. The molecule has 6 nitrogen and oxygen atoms in total. The number of aliphatic hydroxyl groups excluding tert-OH is 1. The summed E-state index contributed by atoms with van der Waals surface area (Å²) in [7, 11) is 0. The van der Waals surface area contributed by atoms with Crippen LogP contribution in [0.15, 0.2) is 70.9 Å². The number of thioether (sulfide) groups is 2. The quantitative estimate of drug-likeness (QED) is 0.593. The largest absolute Gasteiger partial charge is 0.463 e. The van der Waals surface area contributed by atoms with Crippen molar-refractivity contribution in [2.75, 3.05) is 12.4 Å². The van der Waals surface area contributed by atoms with Crippen molar-refractivity contribution in [2.24, 2.45) is 4.99 Å². The fourth-order valence-corrected chi connectivity index (χ4v) is 8.23. The Hall–Kier alpha value is -2.26. The lowest BCUT2D eigenvalue weighted by Crippen LogP contribution is -2.50. The van der Waals surface area contributed by atoms with Crippen LogP contribution < -0.4 is 0 Å². The van der Waals surface area contributed by atoms with E-state index in [-0.39, 0.29) is 17.8 Å². The number of benzene rings is 2. The van der Waals surface area contributed by atoms with Gasteiger partial charge < -0.3 is 9.84 Å². The lowest BCUT2D eigenvalue weighted by atomic mass is 9.89. The van der Waals surface area contributed by atoms with Crippen molar-refractivity contribution in [3.63, 3.8) is 0 Å². The molecule has 1 amide bonds. The van der Waals surface area contributed by atoms with Crippen molar-refractivity contribution < 1.29 is 19.4 Å². The molecule has 4 unspecified atom stereocenters. The number of aliphatic imine (C=N–C) groups is 1. The Morgan fingerprint density at radius 3 is 2.59 bits per heavy atom. The third-order valence-electron chi connectivity index (χ3n) is 6.29. The highest BCUT2D eigenvalue weighted by atomic mass is 35.5. The standard InChI is InChI=1S/C25H23ClN2O4S2/c1-3-32-22(30)19-14(2)27-24-28(20(19)15-9-11-17(26)12-10-15)23(31)25(34-24)18(29)13-33-21(25)16-7-5-4-6-8-16/h4-12,18,20-21,29H,3,13H2,1-2H3. The molecule has 176 valence electrons. The zero-order valence-electron chi connectivity index (χ0n) is 18.6. The number of ether oxygens (including phenoxy) is 1. The number of esters is 1. The van der Waals surface area contributed by atoms with Gasteiger partial charge in [0.25, 0.3) is 0 Å². The predicted molar refractivity (Wildman–Crippen MR) is 136 cm³/mol. The summed E-state index contributed by atoms with van der Waals surface area (Å²) in [6, 6.07) is 16.1. The van der Waals surface area contributed by atoms with Crippen molar-refractivity contribution in [1.82, 2.24) is 4.90 Å². The number of amidine groups is 1.